The summed E-state index contributed by atoms with van der Waals surface area (Å²) in [5.41, 5.74) is 2.20. The molecule has 0 atom stereocenters. The van der Waals surface area contributed by atoms with E-state index in [0.29, 0.717) is 0 Å². The number of rotatable bonds is 6. The number of hydrogen-bond donors (Lipinski definition) is 0. The molecule has 136 valence electrons. The first-order valence-electron chi connectivity index (χ1n) is 7.85. The van der Waals surface area contributed by atoms with Gasteiger partial charge in [0.05, 0.1) is 28.4 Å². The highest BCUT2D eigenvalue weighted by atomic mass is 127. The fourth-order valence-electron chi connectivity index (χ4n) is 2.67. The molecule has 1 heterocycles. The molecule has 3 rings (SSSR count). The average Bonchev–Trinajstić information content (AvgIpc) is 3.08. The molecule has 0 amide bonds. The second-order valence-electron chi connectivity index (χ2n) is 5.43. The van der Waals surface area contributed by atoms with Crippen molar-refractivity contribution in [2.24, 2.45) is 0 Å². The monoisotopic (exact) mass is 482 g/mol. The molecular weight excluding hydrogens is 463 g/mol. The van der Waals surface area contributed by atoms with Crippen molar-refractivity contribution >= 4 is 33.9 Å². The van der Waals surface area contributed by atoms with Crippen LogP contribution in [0.15, 0.2) is 42.5 Å². The molecule has 0 unspecified atom stereocenters. The first-order chi connectivity index (χ1) is 12.6. The van der Waals surface area contributed by atoms with E-state index in [4.69, 9.17) is 18.9 Å². The van der Waals surface area contributed by atoms with Gasteiger partial charge < -0.3 is 18.9 Å². The third-order valence-electron chi connectivity index (χ3n) is 4.00. The van der Waals surface area contributed by atoms with E-state index < -0.39 is 0 Å². The first-order valence-corrected chi connectivity index (χ1v) is 9.75. The van der Waals surface area contributed by atoms with Crippen LogP contribution in [-0.4, -0.2) is 28.4 Å². The number of hydrogen-bond acceptors (Lipinski definition) is 5. The summed E-state index contributed by atoms with van der Waals surface area (Å²) in [7, 11) is 6.58. The predicted octanol–water partition coefficient (Wildman–Crippen LogP) is 5.72. The smallest absolute Gasteiger partial charge is 0.161 e. The SMILES string of the molecule is COc1ccc(-c2cc(I)c(-c3ccc(OC)c(OC)c3)s2)cc1OC. The lowest BCUT2D eigenvalue weighted by Crippen LogP contribution is -1.90. The van der Waals surface area contributed by atoms with Gasteiger partial charge in [-0.2, -0.15) is 0 Å². The summed E-state index contributed by atoms with van der Waals surface area (Å²) in [4.78, 5) is 2.36. The van der Waals surface area contributed by atoms with E-state index in [2.05, 4.69) is 28.7 Å². The van der Waals surface area contributed by atoms with Crippen LogP contribution in [-0.2, 0) is 0 Å². The lowest BCUT2D eigenvalue weighted by atomic mass is 10.1. The molecule has 0 bridgehead atoms. The van der Waals surface area contributed by atoms with E-state index in [1.165, 1.54) is 13.3 Å². The maximum absolute atomic E-state index is 5.43. The fourth-order valence-corrected chi connectivity index (χ4v) is 4.88. The Balaban J connectivity index is 2.02. The Morgan fingerprint density at radius 3 is 1.69 bits per heavy atom. The molecule has 0 aliphatic carbocycles. The summed E-state index contributed by atoms with van der Waals surface area (Å²) in [6.07, 6.45) is 0. The maximum Gasteiger partial charge on any atom is 0.161 e. The molecule has 0 saturated heterocycles. The molecule has 26 heavy (non-hydrogen) atoms. The second kappa shape index (κ2) is 8.18. The van der Waals surface area contributed by atoms with Crippen molar-refractivity contribution in [3.8, 4) is 43.9 Å². The molecule has 0 fully saturated rings. The summed E-state index contributed by atoms with van der Waals surface area (Å²) in [5.74, 6) is 2.90. The van der Waals surface area contributed by atoms with E-state index in [9.17, 15) is 0 Å². The molecule has 1 aromatic heterocycles. The summed E-state index contributed by atoms with van der Waals surface area (Å²) in [6.45, 7) is 0. The molecule has 0 saturated carbocycles. The van der Waals surface area contributed by atoms with Gasteiger partial charge in [-0.25, -0.2) is 0 Å². The maximum atomic E-state index is 5.43. The zero-order valence-corrected chi connectivity index (χ0v) is 17.9. The molecule has 6 heteroatoms. The van der Waals surface area contributed by atoms with Crippen LogP contribution in [0.4, 0.5) is 0 Å². The molecule has 0 radical (unpaired) electrons. The minimum Gasteiger partial charge on any atom is -0.493 e. The molecular formula is C20H19IO4S. The van der Waals surface area contributed by atoms with Crippen LogP contribution >= 0.6 is 33.9 Å². The zero-order valence-electron chi connectivity index (χ0n) is 15.0. The lowest BCUT2D eigenvalue weighted by molar-refractivity contribution is 0.355. The zero-order chi connectivity index (χ0) is 18.7. The lowest BCUT2D eigenvalue weighted by Gasteiger charge is -2.09. The van der Waals surface area contributed by atoms with Crippen molar-refractivity contribution in [1.82, 2.24) is 0 Å². The number of thiophene rings is 1. The van der Waals surface area contributed by atoms with Crippen molar-refractivity contribution in [1.29, 1.82) is 0 Å². The van der Waals surface area contributed by atoms with Crippen molar-refractivity contribution in [3.05, 3.63) is 46.0 Å². The first kappa shape index (κ1) is 18.8. The van der Waals surface area contributed by atoms with Gasteiger partial charge in [-0.1, -0.05) is 0 Å². The minimum atomic E-state index is 0.723. The highest BCUT2D eigenvalue weighted by molar-refractivity contribution is 14.1. The van der Waals surface area contributed by atoms with Gasteiger partial charge in [-0.05, 0) is 76.2 Å². The summed E-state index contributed by atoms with van der Waals surface area (Å²) >= 11 is 4.10. The Morgan fingerprint density at radius 1 is 0.654 bits per heavy atom. The average molecular weight is 482 g/mol. The topological polar surface area (TPSA) is 36.9 Å². The minimum absolute atomic E-state index is 0.723. The number of benzene rings is 2. The fraction of sp³-hybridized carbons (Fsp3) is 0.200. The van der Waals surface area contributed by atoms with E-state index in [1.807, 2.05) is 36.4 Å². The van der Waals surface area contributed by atoms with Crippen molar-refractivity contribution in [2.75, 3.05) is 28.4 Å². The largest absolute Gasteiger partial charge is 0.493 e. The third-order valence-corrected chi connectivity index (χ3v) is 6.45. The van der Waals surface area contributed by atoms with Crippen LogP contribution in [0.5, 0.6) is 23.0 Å². The molecule has 0 spiro atoms. The quantitative estimate of drug-likeness (QED) is 0.421. The summed E-state index contributed by atoms with van der Waals surface area (Å²) in [5, 5.41) is 0. The second-order valence-corrected chi connectivity index (χ2v) is 7.64. The van der Waals surface area contributed by atoms with Crippen molar-refractivity contribution in [3.63, 3.8) is 0 Å². The van der Waals surface area contributed by atoms with E-state index >= 15 is 0 Å². The molecule has 0 aliphatic heterocycles. The van der Waals surface area contributed by atoms with Crippen LogP contribution in [0.3, 0.4) is 0 Å². The van der Waals surface area contributed by atoms with E-state index in [1.54, 1.807) is 39.8 Å². The highest BCUT2D eigenvalue weighted by Gasteiger charge is 2.14. The van der Waals surface area contributed by atoms with Crippen molar-refractivity contribution < 1.29 is 18.9 Å². The van der Waals surface area contributed by atoms with E-state index in [0.717, 1.165) is 34.1 Å². The van der Waals surface area contributed by atoms with Gasteiger partial charge in [0, 0.05) is 13.3 Å². The van der Waals surface area contributed by atoms with Crippen LogP contribution in [0.2, 0.25) is 0 Å². The molecule has 0 aliphatic rings. The molecule has 2 aromatic carbocycles. The van der Waals surface area contributed by atoms with Gasteiger partial charge >= 0.3 is 0 Å². The Labute approximate surface area is 170 Å². The van der Waals surface area contributed by atoms with Gasteiger partial charge in [0.2, 0.25) is 0 Å². The Bertz CT molecular complexity index is 920. The van der Waals surface area contributed by atoms with Crippen LogP contribution in [0.25, 0.3) is 20.9 Å². The molecule has 0 N–H and O–H groups in total. The number of methoxy groups -OCH3 is 4. The van der Waals surface area contributed by atoms with Crippen LogP contribution in [0.1, 0.15) is 0 Å². The van der Waals surface area contributed by atoms with Crippen LogP contribution in [0, 0.1) is 3.57 Å². The Hall–Kier alpha value is -1.93. The normalized spacial score (nSPS) is 10.5. The summed E-state index contributed by atoms with van der Waals surface area (Å²) < 4.78 is 22.7. The standard InChI is InChI=1S/C20H19IO4S/c1-22-15-7-5-12(9-17(15)24-3)19-11-14(21)20(26-19)13-6-8-16(23-2)18(10-13)25-4/h5-11H,1-4H3. The van der Waals surface area contributed by atoms with Gasteiger partial charge in [-0.3, -0.25) is 0 Å². The Morgan fingerprint density at radius 2 is 1.15 bits per heavy atom. The Kier molecular flexibility index (Phi) is 5.93. The third kappa shape index (κ3) is 3.61. The molecule has 4 nitrogen and oxygen atoms in total. The van der Waals surface area contributed by atoms with Gasteiger partial charge in [0.1, 0.15) is 0 Å². The van der Waals surface area contributed by atoms with Gasteiger partial charge in [0.25, 0.3) is 0 Å². The van der Waals surface area contributed by atoms with Crippen molar-refractivity contribution in [2.45, 2.75) is 0 Å². The summed E-state index contributed by atoms with van der Waals surface area (Å²) in [6, 6.07) is 14.1. The number of halogens is 1. The number of ether oxygens (including phenoxy) is 4. The van der Waals surface area contributed by atoms with E-state index in [-0.39, 0.29) is 0 Å². The predicted molar refractivity (Wildman–Crippen MR) is 114 cm³/mol. The molecule has 3 aromatic rings. The highest BCUT2D eigenvalue weighted by Crippen LogP contribution is 2.43. The van der Waals surface area contributed by atoms with Crippen LogP contribution < -0.4 is 18.9 Å². The van der Waals surface area contributed by atoms with Gasteiger partial charge in [0.15, 0.2) is 23.0 Å². The van der Waals surface area contributed by atoms with Gasteiger partial charge in [-0.15, -0.1) is 11.3 Å².